The van der Waals surface area contributed by atoms with Crippen LogP contribution in [0.4, 0.5) is 4.39 Å². The third-order valence-corrected chi connectivity index (χ3v) is 8.10. The van der Waals surface area contributed by atoms with Crippen LogP contribution in [-0.4, -0.2) is 5.56 Å². The highest BCUT2D eigenvalue weighted by Gasteiger charge is 2.32. The molecule has 1 nitrogen and oxygen atoms in total. The number of aryl methyl sites for hydroxylation is 1. The third kappa shape index (κ3) is 4.69. The van der Waals surface area contributed by atoms with Gasteiger partial charge in [-0.05, 0) is 85.8 Å². The molecule has 0 saturated heterocycles. The van der Waals surface area contributed by atoms with Gasteiger partial charge in [0.15, 0.2) is 17.1 Å². The molecule has 2 aliphatic carbocycles. The van der Waals surface area contributed by atoms with Crippen molar-refractivity contribution in [2.75, 3.05) is 0 Å². The molecule has 0 N–H and O–H groups in total. The fourth-order valence-corrected chi connectivity index (χ4v) is 6.25. The number of unbranched alkanes of at least 4 members (excludes halogenated alkanes) is 1. The fraction of sp³-hybridized carbons (Fsp3) is 0.760. The molecule has 156 valence electrons. The zero-order chi connectivity index (χ0) is 19.5. The fourth-order valence-electron chi connectivity index (χ4n) is 6.05. The lowest BCUT2D eigenvalue weighted by molar-refractivity contribution is 0.155. The highest BCUT2D eigenvalue weighted by atomic mass is 35.5. The maximum Gasteiger partial charge on any atom is 0.172 e. The summed E-state index contributed by atoms with van der Waals surface area (Å²) in [5, 5.41) is 0. The summed E-state index contributed by atoms with van der Waals surface area (Å²) in [5.41, 5.74) is 1.81. The van der Waals surface area contributed by atoms with Crippen LogP contribution in [0.25, 0.3) is 0 Å². The van der Waals surface area contributed by atoms with Crippen molar-refractivity contribution in [3.63, 3.8) is 0 Å². The van der Waals surface area contributed by atoms with Gasteiger partial charge in [0.25, 0.3) is 0 Å². The number of benzene rings is 1. The molecule has 1 aliphatic heterocycles. The van der Waals surface area contributed by atoms with Crippen LogP contribution in [-0.2, 0) is 6.42 Å². The molecule has 1 atom stereocenters. The predicted octanol–water partition coefficient (Wildman–Crippen LogP) is 7.99. The van der Waals surface area contributed by atoms with Crippen molar-refractivity contribution in [2.24, 2.45) is 17.8 Å². The summed E-state index contributed by atoms with van der Waals surface area (Å²) in [5.74, 6) is 3.56. The van der Waals surface area contributed by atoms with Crippen LogP contribution < -0.4 is 4.74 Å². The standard InChI is InChI=1S/C25H36ClFO/c1-2-3-4-17-5-7-18(8-6-17)19-9-11-20(12-10-19)22-15-21-13-14-24(26)28-25(21)23(27)16-22/h15-20,24H,2-14H2,1H3. The van der Waals surface area contributed by atoms with Crippen molar-refractivity contribution < 1.29 is 9.13 Å². The minimum Gasteiger partial charge on any atom is -0.471 e. The van der Waals surface area contributed by atoms with Gasteiger partial charge in [0.1, 0.15) is 0 Å². The van der Waals surface area contributed by atoms with E-state index < -0.39 is 0 Å². The Morgan fingerprint density at radius 1 is 0.964 bits per heavy atom. The largest absolute Gasteiger partial charge is 0.471 e. The molecular weight excluding hydrogens is 371 g/mol. The molecule has 1 heterocycles. The molecule has 0 aromatic heterocycles. The van der Waals surface area contributed by atoms with E-state index in [2.05, 4.69) is 13.0 Å². The van der Waals surface area contributed by atoms with Gasteiger partial charge in [-0.15, -0.1) is 0 Å². The van der Waals surface area contributed by atoms with Gasteiger partial charge in [-0.3, -0.25) is 0 Å². The van der Waals surface area contributed by atoms with Crippen molar-refractivity contribution in [1.29, 1.82) is 0 Å². The van der Waals surface area contributed by atoms with Crippen LogP contribution in [0.5, 0.6) is 5.75 Å². The van der Waals surface area contributed by atoms with Gasteiger partial charge in [0.2, 0.25) is 0 Å². The molecule has 2 fully saturated rings. The molecule has 3 aliphatic rings. The van der Waals surface area contributed by atoms with E-state index in [-0.39, 0.29) is 11.4 Å². The topological polar surface area (TPSA) is 9.23 Å². The monoisotopic (exact) mass is 406 g/mol. The molecule has 0 spiro atoms. The Bertz CT molecular complexity index is 644. The molecule has 2 saturated carbocycles. The third-order valence-electron chi connectivity index (χ3n) is 7.80. The molecule has 3 heteroatoms. The average Bonchev–Trinajstić information content (AvgIpc) is 2.73. The van der Waals surface area contributed by atoms with E-state index in [0.29, 0.717) is 11.7 Å². The van der Waals surface area contributed by atoms with Crippen LogP contribution in [0, 0.1) is 23.6 Å². The maximum atomic E-state index is 14.6. The molecule has 1 aromatic carbocycles. The summed E-state index contributed by atoms with van der Waals surface area (Å²) in [6.07, 6.45) is 16.7. The molecular formula is C25H36ClFO. The SMILES string of the molecule is CCCCC1CCC(C2CCC(c3cc(F)c4c(c3)CCC(Cl)O4)CC2)CC1. The number of fused-ring (bicyclic) bond motifs is 1. The number of hydrogen-bond donors (Lipinski definition) is 0. The van der Waals surface area contributed by atoms with Crippen molar-refractivity contribution in [3.05, 3.63) is 29.1 Å². The predicted molar refractivity (Wildman–Crippen MR) is 115 cm³/mol. The second-order valence-electron chi connectivity index (χ2n) is 9.59. The molecule has 1 unspecified atom stereocenters. The smallest absolute Gasteiger partial charge is 0.172 e. The van der Waals surface area contributed by atoms with Crippen molar-refractivity contribution in [1.82, 2.24) is 0 Å². The lowest BCUT2D eigenvalue weighted by atomic mass is 9.68. The average molecular weight is 407 g/mol. The number of ether oxygens (including phenoxy) is 1. The summed E-state index contributed by atoms with van der Waals surface area (Å²) in [6, 6.07) is 3.92. The van der Waals surface area contributed by atoms with Crippen molar-refractivity contribution >= 4 is 11.6 Å². The lowest BCUT2D eigenvalue weighted by Gasteiger charge is -2.38. The van der Waals surface area contributed by atoms with Crippen molar-refractivity contribution in [3.8, 4) is 5.75 Å². The number of rotatable bonds is 5. The quantitative estimate of drug-likeness (QED) is 0.450. The van der Waals surface area contributed by atoms with Gasteiger partial charge < -0.3 is 4.74 Å². The Balaban J connectivity index is 1.31. The number of halogens is 2. The first-order valence-electron chi connectivity index (χ1n) is 11.8. The Kier molecular flexibility index (Phi) is 6.86. The van der Waals surface area contributed by atoms with E-state index >= 15 is 0 Å². The van der Waals surface area contributed by atoms with E-state index in [9.17, 15) is 4.39 Å². The van der Waals surface area contributed by atoms with Gasteiger partial charge in [0.05, 0.1) is 0 Å². The zero-order valence-corrected chi connectivity index (χ0v) is 18.2. The molecule has 28 heavy (non-hydrogen) atoms. The maximum absolute atomic E-state index is 14.6. The van der Waals surface area contributed by atoms with Crippen LogP contribution in [0.3, 0.4) is 0 Å². The molecule has 0 bridgehead atoms. The Hall–Kier alpha value is -0.760. The molecule has 1 aromatic rings. The summed E-state index contributed by atoms with van der Waals surface area (Å²) in [6.45, 7) is 2.31. The Labute approximate surface area is 175 Å². The van der Waals surface area contributed by atoms with Crippen molar-refractivity contribution in [2.45, 2.75) is 102 Å². The van der Waals surface area contributed by atoms with E-state index in [1.807, 2.05) is 0 Å². The van der Waals surface area contributed by atoms with E-state index in [4.69, 9.17) is 16.3 Å². The molecule has 0 amide bonds. The normalized spacial score (nSPS) is 33.2. The van der Waals surface area contributed by atoms with Gasteiger partial charge in [-0.2, -0.15) is 0 Å². The van der Waals surface area contributed by atoms with Gasteiger partial charge in [-0.1, -0.05) is 56.7 Å². The van der Waals surface area contributed by atoms with Crippen LogP contribution >= 0.6 is 11.6 Å². The first kappa shape index (κ1) is 20.5. The van der Waals surface area contributed by atoms with Crippen LogP contribution in [0.1, 0.15) is 101 Å². The summed E-state index contributed by atoms with van der Waals surface area (Å²) < 4.78 is 20.1. The van der Waals surface area contributed by atoms with E-state index in [1.165, 1.54) is 76.2 Å². The second kappa shape index (κ2) is 9.37. The van der Waals surface area contributed by atoms with E-state index in [1.54, 1.807) is 6.07 Å². The number of alkyl halides is 1. The minimum absolute atomic E-state index is 0.217. The highest BCUT2D eigenvalue weighted by Crippen LogP contribution is 2.45. The van der Waals surface area contributed by atoms with E-state index in [0.717, 1.165) is 36.2 Å². The number of hydrogen-bond acceptors (Lipinski definition) is 1. The highest BCUT2D eigenvalue weighted by molar-refractivity contribution is 6.19. The van der Waals surface area contributed by atoms with Gasteiger partial charge >= 0.3 is 0 Å². The van der Waals surface area contributed by atoms with Crippen LogP contribution in [0.15, 0.2) is 12.1 Å². The first-order chi connectivity index (χ1) is 13.6. The molecule has 4 rings (SSSR count). The van der Waals surface area contributed by atoms with Crippen LogP contribution in [0.2, 0.25) is 0 Å². The zero-order valence-electron chi connectivity index (χ0n) is 17.4. The lowest BCUT2D eigenvalue weighted by Crippen LogP contribution is -2.25. The second-order valence-corrected chi connectivity index (χ2v) is 10.1. The summed E-state index contributed by atoms with van der Waals surface area (Å²) in [7, 11) is 0. The minimum atomic E-state index is -0.389. The van der Waals surface area contributed by atoms with Gasteiger partial charge in [0, 0.05) is 6.42 Å². The van der Waals surface area contributed by atoms with Gasteiger partial charge in [-0.25, -0.2) is 4.39 Å². The summed E-state index contributed by atoms with van der Waals surface area (Å²) in [4.78, 5) is 0. The Morgan fingerprint density at radius 3 is 2.32 bits per heavy atom. The molecule has 0 radical (unpaired) electrons. The summed E-state index contributed by atoms with van der Waals surface area (Å²) >= 11 is 6.04. The first-order valence-corrected chi connectivity index (χ1v) is 12.2. The Morgan fingerprint density at radius 2 is 1.64 bits per heavy atom.